The van der Waals surface area contributed by atoms with E-state index in [0.29, 0.717) is 23.3 Å². The van der Waals surface area contributed by atoms with Crippen molar-refractivity contribution in [2.45, 2.75) is 30.0 Å². The highest BCUT2D eigenvalue weighted by atomic mass is 32.2. The molecule has 178 valence electrons. The topological polar surface area (TPSA) is 90.3 Å². The number of aromatic nitrogens is 3. The lowest BCUT2D eigenvalue weighted by molar-refractivity contribution is -0.116. The number of amides is 1. The summed E-state index contributed by atoms with van der Waals surface area (Å²) in [6, 6.07) is 26.5. The molecule has 2 heterocycles. The predicted molar refractivity (Wildman–Crippen MR) is 135 cm³/mol. The van der Waals surface area contributed by atoms with E-state index in [2.05, 4.69) is 20.9 Å². The van der Waals surface area contributed by atoms with E-state index in [1.807, 2.05) is 96.5 Å². The van der Waals surface area contributed by atoms with Crippen LogP contribution in [0.15, 0.2) is 90.1 Å². The van der Waals surface area contributed by atoms with Crippen LogP contribution in [0.1, 0.15) is 24.4 Å². The molecule has 2 atom stereocenters. The number of anilines is 1. The van der Waals surface area contributed by atoms with E-state index in [9.17, 15) is 4.79 Å². The first-order valence-corrected chi connectivity index (χ1v) is 12.2. The Hall–Kier alpha value is -3.98. The van der Waals surface area contributed by atoms with Crippen LogP contribution in [0.2, 0.25) is 0 Å². The van der Waals surface area contributed by atoms with Crippen molar-refractivity contribution >= 4 is 23.4 Å². The van der Waals surface area contributed by atoms with Gasteiger partial charge in [0.15, 0.2) is 5.82 Å². The van der Waals surface area contributed by atoms with Gasteiger partial charge in [-0.3, -0.25) is 4.79 Å². The molecule has 8 nitrogen and oxygen atoms in total. The zero-order valence-corrected chi connectivity index (χ0v) is 19.9. The Morgan fingerprint density at radius 1 is 0.943 bits per heavy atom. The van der Waals surface area contributed by atoms with Gasteiger partial charge in [0.1, 0.15) is 23.4 Å². The summed E-state index contributed by atoms with van der Waals surface area (Å²) in [5.41, 5.74) is 5.14. The number of nitrogens with zero attached hydrogens (tertiary/aromatic N) is 3. The number of ether oxygens (including phenoxy) is 2. The molecule has 2 N–H and O–H groups in total. The molecule has 1 aromatic heterocycles. The van der Waals surface area contributed by atoms with Crippen molar-refractivity contribution < 1.29 is 14.3 Å². The molecule has 1 amide bonds. The van der Waals surface area contributed by atoms with Crippen molar-refractivity contribution in [3.05, 3.63) is 96.3 Å². The second-order valence-corrected chi connectivity index (χ2v) is 8.95. The van der Waals surface area contributed by atoms with Crippen molar-refractivity contribution in [3.63, 3.8) is 0 Å². The lowest BCUT2D eigenvalue weighted by Crippen LogP contribution is -2.41. The first-order valence-electron chi connectivity index (χ1n) is 11.4. The van der Waals surface area contributed by atoms with Crippen molar-refractivity contribution in [3.8, 4) is 11.5 Å². The molecule has 0 unspecified atom stereocenters. The smallest absolute Gasteiger partial charge is 0.240 e. The molecule has 35 heavy (non-hydrogen) atoms. The van der Waals surface area contributed by atoms with Crippen LogP contribution in [0.5, 0.6) is 11.5 Å². The van der Waals surface area contributed by atoms with E-state index < -0.39 is 5.25 Å². The lowest BCUT2D eigenvalue weighted by atomic mass is 10.0. The minimum Gasteiger partial charge on any atom is -0.494 e. The van der Waals surface area contributed by atoms with E-state index in [1.165, 1.54) is 11.8 Å². The Balaban J connectivity index is 1.37. The zero-order chi connectivity index (χ0) is 24.0. The Kier molecular flexibility index (Phi) is 6.85. The monoisotopic (exact) mass is 487 g/mol. The number of fused-ring (bicyclic) bond motifs is 1. The van der Waals surface area contributed by atoms with E-state index in [4.69, 9.17) is 9.47 Å². The highest BCUT2D eigenvalue weighted by Crippen LogP contribution is 2.37. The van der Waals surface area contributed by atoms with E-state index in [0.717, 1.165) is 17.1 Å². The lowest BCUT2D eigenvalue weighted by Gasteiger charge is -2.33. The second-order valence-electron chi connectivity index (χ2n) is 7.84. The number of nitrogens with one attached hydrogen (secondary N) is 2. The summed E-state index contributed by atoms with van der Waals surface area (Å²) in [5.74, 6) is 2.01. The first-order chi connectivity index (χ1) is 17.2. The molecule has 0 bridgehead atoms. The number of hydrogen-bond acceptors (Lipinski definition) is 7. The zero-order valence-electron chi connectivity index (χ0n) is 19.1. The highest BCUT2D eigenvalue weighted by Gasteiger charge is 2.38. The third kappa shape index (κ3) is 5.25. The molecular formula is C26H25N5O3S. The van der Waals surface area contributed by atoms with Gasteiger partial charge in [0.2, 0.25) is 11.1 Å². The van der Waals surface area contributed by atoms with Crippen LogP contribution in [-0.2, 0) is 11.4 Å². The maximum atomic E-state index is 13.4. The Labute approximate surface area is 207 Å². The Morgan fingerprint density at radius 3 is 2.34 bits per heavy atom. The Bertz CT molecular complexity index is 1270. The average Bonchev–Trinajstić information content (AvgIpc) is 3.31. The van der Waals surface area contributed by atoms with E-state index >= 15 is 0 Å². The van der Waals surface area contributed by atoms with Crippen LogP contribution in [0.25, 0.3) is 0 Å². The van der Waals surface area contributed by atoms with Gasteiger partial charge in [-0.05, 0) is 48.9 Å². The molecule has 0 aliphatic carbocycles. The van der Waals surface area contributed by atoms with Gasteiger partial charge in [-0.2, -0.15) is 0 Å². The average molecular weight is 488 g/mol. The minimum atomic E-state index is -0.469. The first kappa shape index (κ1) is 22.8. The molecule has 0 saturated heterocycles. The second kappa shape index (κ2) is 10.5. The summed E-state index contributed by atoms with van der Waals surface area (Å²) < 4.78 is 13.2. The highest BCUT2D eigenvalue weighted by molar-refractivity contribution is 8.00. The van der Waals surface area contributed by atoms with Gasteiger partial charge < -0.3 is 20.2 Å². The van der Waals surface area contributed by atoms with Crippen molar-refractivity contribution in [2.75, 3.05) is 17.3 Å². The number of hydrogen-bond donors (Lipinski definition) is 2. The predicted octanol–water partition coefficient (Wildman–Crippen LogP) is 4.65. The third-order valence-corrected chi connectivity index (χ3v) is 6.68. The van der Waals surface area contributed by atoms with Crippen LogP contribution >= 0.6 is 11.8 Å². The van der Waals surface area contributed by atoms with Crippen LogP contribution in [-0.4, -0.2) is 32.6 Å². The van der Waals surface area contributed by atoms with Crippen LogP contribution in [0.4, 0.5) is 5.69 Å². The molecule has 0 radical (unpaired) electrons. The molecule has 0 saturated carbocycles. The van der Waals surface area contributed by atoms with Crippen molar-refractivity contribution in [1.82, 2.24) is 14.9 Å². The van der Waals surface area contributed by atoms with Gasteiger partial charge >= 0.3 is 0 Å². The molecule has 1 aliphatic rings. The largest absolute Gasteiger partial charge is 0.494 e. The summed E-state index contributed by atoms with van der Waals surface area (Å²) in [5, 5.41) is 11.8. The van der Waals surface area contributed by atoms with Gasteiger partial charge in [-0.15, -0.1) is 10.2 Å². The van der Waals surface area contributed by atoms with Gasteiger partial charge in [-0.1, -0.05) is 60.3 Å². The normalized spacial score (nSPS) is 16.6. The van der Waals surface area contributed by atoms with E-state index in [-0.39, 0.29) is 18.6 Å². The quantitative estimate of drug-likeness (QED) is 0.374. The third-order valence-electron chi connectivity index (χ3n) is 5.46. The summed E-state index contributed by atoms with van der Waals surface area (Å²) in [6.07, 6.45) is 0. The summed E-state index contributed by atoms with van der Waals surface area (Å²) in [4.78, 5) is 13.4. The number of carbonyl (C=O) groups excluding carboxylic acids is 1. The van der Waals surface area contributed by atoms with Gasteiger partial charge in [-0.25, -0.2) is 4.68 Å². The maximum Gasteiger partial charge on any atom is 0.240 e. The summed E-state index contributed by atoms with van der Waals surface area (Å²) in [6.45, 7) is 2.77. The molecule has 4 aromatic rings. The number of para-hydroxylation sites is 1. The van der Waals surface area contributed by atoms with Crippen LogP contribution in [0, 0.1) is 0 Å². The molecule has 0 fully saturated rings. The van der Waals surface area contributed by atoms with Crippen LogP contribution < -0.4 is 20.2 Å². The van der Waals surface area contributed by atoms with E-state index in [1.54, 1.807) is 0 Å². The molecule has 0 spiro atoms. The Morgan fingerprint density at radius 2 is 1.63 bits per heavy atom. The fourth-order valence-electron chi connectivity index (χ4n) is 3.78. The van der Waals surface area contributed by atoms with Gasteiger partial charge in [0.25, 0.3) is 0 Å². The molecule has 5 rings (SSSR count). The molecule has 1 aliphatic heterocycles. The fraction of sp³-hybridized carbons (Fsp3) is 0.192. The molecular weight excluding hydrogens is 462 g/mol. The number of carbonyl (C=O) groups is 1. The summed E-state index contributed by atoms with van der Waals surface area (Å²) in [7, 11) is 0. The number of rotatable bonds is 8. The number of benzene rings is 3. The van der Waals surface area contributed by atoms with Gasteiger partial charge in [0, 0.05) is 5.69 Å². The standard InChI is InChI=1S/C26H25N5O3S/c1-2-33-21-15-13-19(14-16-21)27-25(32)24-23(18-9-5-3-6-10-18)30-31-22(28-29-26(31)35-24)17-34-20-11-7-4-8-12-20/h3-16,23-24,30H,2,17H2,1H3,(H,27,32)/t23-,24-/m0/s1. The maximum absolute atomic E-state index is 13.4. The summed E-state index contributed by atoms with van der Waals surface area (Å²) >= 11 is 1.38. The fourth-order valence-corrected chi connectivity index (χ4v) is 4.88. The SMILES string of the molecule is CCOc1ccc(NC(=O)[C@H]2Sc3nnc(COc4ccccc4)n3N[C@H]2c2ccccc2)cc1. The van der Waals surface area contributed by atoms with Crippen molar-refractivity contribution in [1.29, 1.82) is 0 Å². The minimum absolute atomic E-state index is 0.128. The van der Waals surface area contributed by atoms with Gasteiger partial charge in [0.05, 0.1) is 12.6 Å². The molecule has 9 heteroatoms. The van der Waals surface area contributed by atoms with Crippen molar-refractivity contribution in [2.24, 2.45) is 0 Å². The molecule has 3 aromatic carbocycles. The number of thioether (sulfide) groups is 1. The van der Waals surface area contributed by atoms with Crippen LogP contribution in [0.3, 0.4) is 0 Å².